The number of halogens is 1. The maximum atomic E-state index is 13.6. The molecule has 3 aromatic rings. The molecule has 2 fully saturated rings. The molecule has 2 aliphatic heterocycles. The zero-order chi connectivity index (χ0) is 25.4. The predicted molar refractivity (Wildman–Crippen MR) is 138 cm³/mol. The van der Waals surface area contributed by atoms with Crippen molar-refractivity contribution in [2.24, 2.45) is 0 Å². The monoisotopic (exact) mass is 508 g/mol. The molecule has 0 unspecified atom stereocenters. The summed E-state index contributed by atoms with van der Waals surface area (Å²) in [6.07, 6.45) is 1.68. The first kappa shape index (κ1) is 24.5. The number of benzene rings is 2. The molecule has 3 heterocycles. The summed E-state index contributed by atoms with van der Waals surface area (Å²) in [7, 11) is 0. The molecule has 1 aromatic heterocycles. The Labute approximate surface area is 213 Å². The third-order valence-corrected chi connectivity index (χ3v) is 8.05. The summed E-state index contributed by atoms with van der Waals surface area (Å²) >= 11 is 1.63. The number of nitrogens with one attached hydrogen (secondary N) is 1. The summed E-state index contributed by atoms with van der Waals surface area (Å²) in [5.41, 5.74) is 2.57. The number of hydrogen-bond donors (Lipinski definition) is 1. The Kier molecular flexibility index (Phi) is 6.85. The first-order valence-corrected chi connectivity index (χ1v) is 13.3. The van der Waals surface area contributed by atoms with Crippen LogP contribution in [0.1, 0.15) is 40.1 Å². The first-order valence-electron chi connectivity index (χ1n) is 12.1. The Hall–Kier alpha value is -3.17. The Morgan fingerprint density at radius 1 is 1.06 bits per heavy atom. The van der Waals surface area contributed by atoms with E-state index in [4.69, 9.17) is 0 Å². The second kappa shape index (κ2) is 10.1. The molecule has 2 aromatic carbocycles. The van der Waals surface area contributed by atoms with Crippen molar-refractivity contribution in [2.45, 2.75) is 32.5 Å². The number of hydrogen-bond acceptors (Lipinski definition) is 5. The van der Waals surface area contributed by atoms with Gasteiger partial charge in [-0.3, -0.25) is 19.3 Å². The maximum Gasteiger partial charge on any atom is 0.295 e. The first-order chi connectivity index (χ1) is 17.3. The molecular formula is C27H29FN4O3S. The van der Waals surface area contributed by atoms with Gasteiger partial charge in [0.2, 0.25) is 5.78 Å². The molecule has 7 nitrogen and oxygen atoms in total. The van der Waals surface area contributed by atoms with Crippen LogP contribution in [0.15, 0.2) is 48.7 Å². The summed E-state index contributed by atoms with van der Waals surface area (Å²) < 4.78 is 13.3. The van der Waals surface area contributed by atoms with E-state index in [1.807, 2.05) is 11.8 Å². The van der Waals surface area contributed by atoms with Crippen LogP contribution in [0.2, 0.25) is 0 Å². The van der Waals surface area contributed by atoms with Crippen molar-refractivity contribution in [3.05, 3.63) is 71.2 Å². The molecule has 1 N–H and O–H groups in total. The highest BCUT2D eigenvalue weighted by Crippen LogP contribution is 2.26. The number of carbonyl (C=O) groups excluding carboxylic acids is 3. The number of rotatable bonds is 5. The van der Waals surface area contributed by atoms with E-state index in [0.29, 0.717) is 48.6 Å². The zero-order valence-corrected chi connectivity index (χ0v) is 21.2. The van der Waals surface area contributed by atoms with Gasteiger partial charge in [-0.05, 0) is 49.7 Å². The third kappa shape index (κ3) is 4.77. The molecule has 0 bridgehead atoms. The Bertz CT molecular complexity index is 1300. The average molecular weight is 509 g/mol. The standard InChI is InChI=1S/C27H29FN4O3S/c1-17-14-32(18(2)13-31(17)15-19-3-6-21(28)7-4-19)26(34)23-12-29-24-8-5-20(11-22(23)24)25(33)27(35)30-9-10-36-16-30/h3-8,11-12,17-18,29H,9-10,13-16H2,1-2H3/t17-,18+/m0/s1. The molecule has 36 heavy (non-hydrogen) atoms. The lowest BCUT2D eigenvalue weighted by molar-refractivity contribution is -0.125. The van der Waals surface area contributed by atoms with Crippen LogP contribution in [0.4, 0.5) is 4.39 Å². The number of H-pyrrole nitrogens is 1. The molecular weight excluding hydrogens is 479 g/mol. The van der Waals surface area contributed by atoms with Crippen LogP contribution in [0.5, 0.6) is 0 Å². The lowest BCUT2D eigenvalue weighted by Crippen LogP contribution is -2.57. The second-order valence-electron chi connectivity index (χ2n) is 9.61. The number of amides is 2. The fraction of sp³-hybridized carbons (Fsp3) is 0.370. The average Bonchev–Trinajstić information content (AvgIpc) is 3.56. The molecule has 188 valence electrons. The molecule has 2 amide bonds. The minimum Gasteiger partial charge on any atom is -0.360 e. The van der Waals surface area contributed by atoms with Gasteiger partial charge in [0.05, 0.1) is 11.4 Å². The van der Waals surface area contributed by atoms with Crippen LogP contribution in [0.25, 0.3) is 10.9 Å². The minimum absolute atomic E-state index is 0.0295. The van der Waals surface area contributed by atoms with E-state index in [2.05, 4.69) is 16.8 Å². The Morgan fingerprint density at radius 2 is 1.83 bits per heavy atom. The molecule has 5 rings (SSSR count). The molecule has 9 heteroatoms. The van der Waals surface area contributed by atoms with Crippen molar-refractivity contribution in [3.8, 4) is 0 Å². The second-order valence-corrected chi connectivity index (χ2v) is 10.7. The van der Waals surface area contributed by atoms with Crippen LogP contribution in [-0.2, 0) is 11.3 Å². The van der Waals surface area contributed by atoms with Gasteiger partial charge < -0.3 is 14.8 Å². The highest BCUT2D eigenvalue weighted by atomic mass is 32.2. The van der Waals surface area contributed by atoms with Crippen molar-refractivity contribution in [3.63, 3.8) is 0 Å². The van der Waals surface area contributed by atoms with Crippen LogP contribution in [-0.4, -0.2) is 80.6 Å². The number of aromatic amines is 1. The topological polar surface area (TPSA) is 76.7 Å². The van der Waals surface area contributed by atoms with E-state index in [1.165, 1.54) is 12.1 Å². The van der Waals surface area contributed by atoms with Crippen molar-refractivity contribution >= 4 is 40.3 Å². The summed E-state index contributed by atoms with van der Waals surface area (Å²) in [5, 5.41) is 0.642. The quantitative estimate of drug-likeness (QED) is 0.420. The molecule has 2 saturated heterocycles. The maximum absolute atomic E-state index is 13.6. The van der Waals surface area contributed by atoms with Crippen molar-refractivity contribution in [1.82, 2.24) is 19.7 Å². The lowest BCUT2D eigenvalue weighted by Gasteiger charge is -2.44. The van der Waals surface area contributed by atoms with Gasteiger partial charge in [0, 0.05) is 66.7 Å². The molecule has 0 radical (unpaired) electrons. The largest absolute Gasteiger partial charge is 0.360 e. The minimum atomic E-state index is -0.546. The SMILES string of the molecule is C[C@@H]1CN(Cc2ccc(F)cc2)[C@@H](C)CN1C(=O)c1c[nH]c2ccc(C(=O)C(=O)N3CCSC3)cc12. The predicted octanol–water partition coefficient (Wildman–Crippen LogP) is 3.76. The molecule has 2 atom stereocenters. The summed E-state index contributed by atoms with van der Waals surface area (Å²) in [5.74, 6) is -0.0305. The van der Waals surface area contributed by atoms with Gasteiger partial charge >= 0.3 is 0 Å². The van der Waals surface area contributed by atoms with Gasteiger partial charge in [-0.1, -0.05) is 12.1 Å². The van der Waals surface area contributed by atoms with Crippen LogP contribution < -0.4 is 0 Å². The molecule has 0 aliphatic carbocycles. The third-order valence-electron chi connectivity index (χ3n) is 7.08. The van der Waals surface area contributed by atoms with Gasteiger partial charge in [0.15, 0.2) is 0 Å². The van der Waals surface area contributed by atoms with Gasteiger partial charge in [0.25, 0.3) is 11.8 Å². The van der Waals surface area contributed by atoms with E-state index in [-0.39, 0.29) is 23.8 Å². The normalized spacial score (nSPS) is 20.8. The van der Waals surface area contributed by atoms with Crippen LogP contribution in [0, 0.1) is 5.82 Å². The van der Waals surface area contributed by atoms with E-state index in [0.717, 1.165) is 16.8 Å². The van der Waals surface area contributed by atoms with Crippen LogP contribution >= 0.6 is 11.8 Å². The van der Waals surface area contributed by atoms with E-state index >= 15 is 0 Å². The summed E-state index contributed by atoms with van der Waals surface area (Å²) in [4.78, 5) is 48.0. The molecule has 0 saturated carbocycles. The van der Waals surface area contributed by atoms with Gasteiger partial charge in [-0.25, -0.2) is 4.39 Å². The van der Waals surface area contributed by atoms with E-state index in [9.17, 15) is 18.8 Å². The molecule has 0 spiro atoms. The highest BCUT2D eigenvalue weighted by Gasteiger charge is 2.33. The van der Waals surface area contributed by atoms with Crippen molar-refractivity contribution in [2.75, 3.05) is 31.3 Å². The summed E-state index contributed by atoms with van der Waals surface area (Å²) in [6, 6.07) is 11.7. The van der Waals surface area contributed by atoms with Crippen LogP contribution in [0.3, 0.4) is 0 Å². The highest BCUT2D eigenvalue weighted by molar-refractivity contribution is 7.99. The number of nitrogens with zero attached hydrogens (tertiary/aromatic N) is 3. The smallest absolute Gasteiger partial charge is 0.295 e. The fourth-order valence-corrected chi connectivity index (χ4v) is 5.91. The number of thioether (sulfide) groups is 1. The number of fused-ring (bicyclic) bond motifs is 1. The van der Waals surface area contributed by atoms with Crippen molar-refractivity contribution < 1.29 is 18.8 Å². The van der Waals surface area contributed by atoms with E-state index < -0.39 is 11.7 Å². The van der Waals surface area contributed by atoms with Crippen molar-refractivity contribution in [1.29, 1.82) is 0 Å². The number of ketones is 1. The van der Waals surface area contributed by atoms with Gasteiger partial charge in [0.1, 0.15) is 5.82 Å². The lowest BCUT2D eigenvalue weighted by atomic mass is 10.0. The summed E-state index contributed by atoms with van der Waals surface area (Å²) in [6.45, 7) is 6.63. The molecule has 2 aliphatic rings. The number of Topliss-reactive ketones (excluding diaryl/α,β-unsaturated/α-hetero) is 1. The Balaban J connectivity index is 1.33. The number of carbonyl (C=O) groups is 3. The zero-order valence-electron chi connectivity index (χ0n) is 20.4. The van der Waals surface area contributed by atoms with Gasteiger partial charge in [-0.15, -0.1) is 11.8 Å². The van der Waals surface area contributed by atoms with E-state index in [1.54, 1.807) is 53.2 Å². The van der Waals surface area contributed by atoms with Gasteiger partial charge in [-0.2, -0.15) is 0 Å². The number of piperazine rings is 1. The Morgan fingerprint density at radius 3 is 2.56 bits per heavy atom. The fourth-order valence-electron chi connectivity index (χ4n) is 4.96. The number of aromatic nitrogens is 1.